The van der Waals surface area contributed by atoms with Crippen molar-refractivity contribution in [3.8, 4) is 0 Å². The van der Waals surface area contributed by atoms with Gasteiger partial charge in [-0.05, 0) is 37.7 Å². The molecular formula is C22H32NO2+. The summed E-state index contributed by atoms with van der Waals surface area (Å²) in [6.07, 6.45) is 10.3. The Morgan fingerprint density at radius 1 is 1.00 bits per heavy atom. The average Bonchev–Trinajstić information content (AvgIpc) is 3.13. The zero-order chi connectivity index (χ0) is 17.3. The van der Waals surface area contributed by atoms with Gasteiger partial charge in [-0.25, -0.2) is 0 Å². The molecule has 4 rings (SSSR count). The second-order valence-corrected chi connectivity index (χ2v) is 8.73. The molecule has 0 spiro atoms. The lowest BCUT2D eigenvalue weighted by Crippen LogP contribution is -2.63. The van der Waals surface area contributed by atoms with Gasteiger partial charge >= 0.3 is 5.97 Å². The Kier molecular flexibility index (Phi) is 4.61. The summed E-state index contributed by atoms with van der Waals surface area (Å²) in [5.74, 6) is 0.0558. The van der Waals surface area contributed by atoms with Crippen molar-refractivity contribution < 1.29 is 14.0 Å². The van der Waals surface area contributed by atoms with E-state index in [1.165, 1.54) is 38.8 Å². The maximum atomic E-state index is 13.4. The van der Waals surface area contributed by atoms with Gasteiger partial charge in [-0.2, -0.15) is 0 Å². The number of carbonyl (C=O) groups is 1. The molecule has 3 nitrogen and oxygen atoms in total. The van der Waals surface area contributed by atoms with Crippen LogP contribution in [0, 0.1) is 0 Å². The lowest BCUT2D eigenvalue weighted by atomic mass is 9.78. The first-order valence-electron chi connectivity index (χ1n) is 10.2. The third-order valence-electron chi connectivity index (χ3n) is 7.24. The molecule has 1 aromatic rings. The SMILES string of the molecule is C[N@+]12CCCC[C@@H]1[C@@H](OC(=O)C1(c3ccccc3)CCCC1)CCC2. The van der Waals surface area contributed by atoms with Gasteiger partial charge in [0.1, 0.15) is 6.04 Å². The molecule has 1 aromatic carbocycles. The Balaban J connectivity index is 1.56. The minimum Gasteiger partial charge on any atom is -0.455 e. The number of benzene rings is 1. The van der Waals surface area contributed by atoms with E-state index in [2.05, 4.69) is 31.3 Å². The van der Waals surface area contributed by atoms with Crippen molar-refractivity contribution in [2.24, 2.45) is 0 Å². The molecule has 2 saturated heterocycles. The summed E-state index contributed by atoms with van der Waals surface area (Å²) in [4.78, 5) is 13.4. The molecule has 1 saturated carbocycles. The third-order valence-corrected chi connectivity index (χ3v) is 7.24. The van der Waals surface area contributed by atoms with Gasteiger partial charge < -0.3 is 9.22 Å². The van der Waals surface area contributed by atoms with Gasteiger partial charge in [-0.3, -0.25) is 4.79 Å². The minimum absolute atomic E-state index is 0.0558. The molecule has 136 valence electrons. The fraction of sp³-hybridized carbons (Fsp3) is 0.682. The molecule has 1 aliphatic carbocycles. The van der Waals surface area contributed by atoms with Crippen LogP contribution >= 0.6 is 0 Å². The van der Waals surface area contributed by atoms with Crippen molar-refractivity contribution in [1.82, 2.24) is 0 Å². The smallest absolute Gasteiger partial charge is 0.317 e. The summed E-state index contributed by atoms with van der Waals surface area (Å²) in [7, 11) is 2.38. The molecule has 0 amide bonds. The first kappa shape index (κ1) is 17.1. The summed E-state index contributed by atoms with van der Waals surface area (Å²) in [5, 5.41) is 0. The fourth-order valence-electron chi connectivity index (χ4n) is 5.75. The van der Waals surface area contributed by atoms with E-state index >= 15 is 0 Å². The Morgan fingerprint density at radius 2 is 1.72 bits per heavy atom. The lowest BCUT2D eigenvalue weighted by Gasteiger charge is -2.50. The Bertz CT molecular complexity index is 604. The number of esters is 1. The number of ether oxygens (including phenoxy) is 1. The molecule has 3 atom stereocenters. The van der Waals surface area contributed by atoms with E-state index in [4.69, 9.17) is 4.74 Å². The van der Waals surface area contributed by atoms with Crippen molar-refractivity contribution in [1.29, 1.82) is 0 Å². The van der Waals surface area contributed by atoms with Crippen LogP contribution in [0.2, 0.25) is 0 Å². The first-order valence-corrected chi connectivity index (χ1v) is 10.2. The average molecular weight is 343 g/mol. The zero-order valence-corrected chi connectivity index (χ0v) is 15.6. The standard InChI is InChI=1S/C22H32NO2/c1-23-16-8-5-12-19(23)20(13-9-17-23)25-21(24)22(14-6-7-15-22)18-10-3-2-4-11-18/h2-4,10-11,19-20H,5-9,12-17H2,1H3/q+1/t19-,20+,23-/m1/s1. The van der Waals surface area contributed by atoms with E-state index in [1.807, 2.05) is 6.07 Å². The number of rotatable bonds is 3. The van der Waals surface area contributed by atoms with Crippen LogP contribution < -0.4 is 0 Å². The van der Waals surface area contributed by atoms with Crippen LogP contribution in [0.15, 0.2) is 30.3 Å². The first-order chi connectivity index (χ1) is 12.1. The molecule has 0 aromatic heterocycles. The summed E-state index contributed by atoms with van der Waals surface area (Å²) in [5.41, 5.74) is 0.769. The number of hydrogen-bond donors (Lipinski definition) is 0. The van der Waals surface area contributed by atoms with E-state index in [0.29, 0.717) is 6.04 Å². The van der Waals surface area contributed by atoms with Crippen LogP contribution in [-0.4, -0.2) is 42.7 Å². The summed E-state index contributed by atoms with van der Waals surface area (Å²) in [6, 6.07) is 10.9. The van der Waals surface area contributed by atoms with Crippen molar-refractivity contribution in [2.45, 2.75) is 75.3 Å². The van der Waals surface area contributed by atoms with Gasteiger partial charge in [-0.1, -0.05) is 43.2 Å². The molecular weight excluding hydrogens is 310 g/mol. The zero-order valence-electron chi connectivity index (χ0n) is 15.6. The second kappa shape index (κ2) is 6.75. The lowest BCUT2D eigenvalue weighted by molar-refractivity contribution is -0.946. The van der Waals surface area contributed by atoms with Crippen molar-refractivity contribution in [3.63, 3.8) is 0 Å². The normalized spacial score (nSPS) is 34.3. The summed E-state index contributed by atoms with van der Waals surface area (Å²) < 4.78 is 7.43. The van der Waals surface area contributed by atoms with Gasteiger partial charge in [0.25, 0.3) is 0 Å². The summed E-state index contributed by atoms with van der Waals surface area (Å²) >= 11 is 0. The molecule has 0 radical (unpaired) electrons. The van der Waals surface area contributed by atoms with Crippen LogP contribution in [0.3, 0.4) is 0 Å². The van der Waals surface area contributed by atoms with E-state index in [1.54, 1.807) is 0 Å². The largest absolute Gasteiger partial charge is 0.455 e. The Hall–Kier alpha value is -1.35. The molecule has 3 fully saturated rings. The van der Waals surface area contributed by atoms with Gasteiger partial charge in [-0.15, -0.1) is 0 Å². The molecule has 2 heterocycles. The third kappa shape index (κ3) is 3.01. The minimum atomic E-state index is -0.392. The van der Waals surface area contributed by atoms with Gasteiger partial charge in [0.2, 0.25) is 0 Å². The highest BCUT2D eigenvalue weighted by molar-refractivity contribution is 5.83. The number of likely N-dealkylation sites (N-methyl/N-ethyl adjacent to an activating group) is 1. The van der Waals surface area contributed by atoms with Gasteiger partial charge in [0, 0.05) is 12.8 Å². The highest BCUT2D eigenvalue weighted by Crippen LogP contribution is 2.43. The molecule has 0 bridgehead atoms. The maximum Gasteiger partial charge on any atom is 0.317 e. The van der Waals surface area contributed by atoms with Gasteiger partial charge in [0.15, 0.2) is 6.10 Å². The number of carbonyl (C=O) groups excluding carboxylic acids is 1. The molecule has 0 unspecified atom stereocenters. The topological polar surface area (TPSA) is 26.3 Å². The predicted molar refractivity (Wildman–Crippen MR) is 99.3 cm³/mol. The second-order valence-electron chi connectivity index (χ2n) is 8.73. The highest BCUT2D eigenvalue weighted by Gasteiger charge is 2.49. The number of nitrogens with zero attached hydrogens (tertiary/aromatic N) is 1. The molecule has 3 aliphatic rings. The monoisotopic (exact) mass is 342 g/mol. The number of piperidine rings is 2. The number of hydrogen-bond acceptors (Lipinski definition) is 2. The van der Waals surface area contributed by atoms with Crippen LogP contribution in [0.25, 0.3) is 0 Å². The van der Waals surface area contributed by atoms with Crippen LogP contribution in [0.5, 0.6) is 0 Å². The van der Waals surface area contributed by atoms with Gasteiger partial charge in [0.05, 0.1) is 25.6 Å². The predicted octanol–water partition coefficient (Wildman–Crippen LogP) is 4.20. The van der Waals surface area contributed by atoms with E-state index in [9.17, 15) is 4.79 Å². The quantitative estimate of drug-likeness (QED) is 0.608. The summed E-state index contributed by atoms with van der Waals surface area (Å²) in [6.45, 7) is 2.51. The Labute approximate surface area is 151 Å². The maximum absolute atomic E-state index is 13.4. The van der Waals surface area contributed by atoms with Crippen molar-refractivity contribution >= 4 is 5.97 Å². The molecule has 2 aliphatic heterocycles. The fourth-order valence-corrected chi connectivity index (χ4v) is 5.75. The van der Waals surface area contributed by atoms with Crippen molar-refractivity contribution in [2.75, 3.05) is 20.1 Å². The number of quaternary nitrogens is 1. The molecule has 25 heavy (non-hydrogen) atoms. The highest BCUT2D eigenvalue weighted by atomic mass is 16.5. The molecule has 3 heteroatoms. The van der Waals surface area contributed by atoms with Crippen LogP contribution in [0.1, 0.15) is 63.4 Å². The van der Waals surface area contributed by atoms with Crippen LogP contribution in [0.4, 0.5) is 0 Å². The number of fused-ring (bicyclic) bond motifs is 1. The Morgan fingerprint density at radius 3 is 2.48 bits per heavy atom. The van der Waals surface area contributed by atoms with Crippen molar-refractivity contribution in [3.05, 3.63) is 35.9 Å². The van der Waals surface area contributed by atoms with E-state index in [-0.39, 0.29) is 12.1 Å². The van der Waals surface area contributed by atoms with E-state index < -0.39 is 5.41 Å². The molecule has 0 N–H and O–H groups in total. The van der Waals surface area contributed by atoms with E-state index in [0.717, 1.165) is 42.2 Å². The van der Waals surface area contributed by atoms with Crippen LogP contribution in [-0.2, 0) is 14.9 Å².